The van der Waals surface area contributed by atoms with Crippen LogP contribution in [0.5, 0.6) is 0 Å². The molecule has 3 rings (SSSR count). The van der Waals surface area contributed by atoms with E-state index in [1.165, 1.54) is 19.0 Å². The van der Waals surface area contributed by atoms with Crippen molar-refractivity contribution in [3.8, 4) is 11.3 Å². The van der Waals surface area contributed by atoms with Gasteiger partial charge in [0, 0.05) is 6.20 Å². The maximum absolute atomic E-state index is 11.8. The van der Waals surface area contributed by atoms with Gasteiger partial charge in [-0.1, -0.05) is 12.2 Å². The molecule has 0 spiro atoms. The summed E-state index contributed by atoms with van der Waals surface area (Å²) >= 11 is 0. The maximum atomic E-state index is 11.8. The average molecular weight is 270 g/mol. The van der Waals surface area contributed by atoms with Crippen molar-refractivity contribution in [2.75, 3.05) is 0 Å². The van der Waals surface area contributed by atoms with E-state index < -0.39 is 11.2 Å². The molecule has 0 radical (unpaired) electrons. The summed E-state index contributed by atoms with van der Waals surface area (Å²) in [4.78, 5) is 27.4. The molecule has 0 aromatic carbocycles. The fraction of sp³-hybridized carbons (Fsp3) is 0.286. The Balaban J connectivity index is 2.03. The highest BCUT2D eigenvalue weighted by molar-refractivity contribution is 5.62. The number of nitrogens with one attached hydrogen (secondary N) is 2. The molecule has 1 aliphatic rings. The molecule has 0 bridgehead atoms. The number of allylic oxidation sites excluding steroid dienone is 1. The van der Waals surface area contributed by atoms with Crippen molar-refractivity contribution >= 4 is 6.08 Å². The molecule has 2 aromatic rings. The van der Waals surface area contributed by atoms with Crippen molar-refractivity contribution in [2.24, 2.45) is 5.92 Å². The van der Waals surface area contributed by atoms with Crippen molar-refractivity contribution < 1.29 is 0 Å². The van der Waals surface area contributed by atoms with Crippen molar-refractivity contribution in [1.29, 1.82) is 0 Å². The molecule has 6 nitrogen and oxygen atoms in total. The van der Waals surface area contributed by atoms with Crippen LogP contribution in [0.1, 0.15) is 24.1 Å². The SMILES string of the molecule is Cc1nnc(-c2c[nH]c(=O)[nH]c2=O)cc1C=CC1CC1. The predicted octanol–water partition coefficient (Wildman–Crippen LogP) is 1.25. The fourth-order valence-electron chi connectivity index (χ4n) is 1.90. The Morgan fingerprint density at radius 3 is 2.80 bits per heavy atom. The third kappa shape index (κ3) is 2.59. The van der Waals surface area contributed by atoms with Gasteiger partial charge in [0.15, 0.2) is 0 Å². The summed E-state index contributed by atoms with van der Waals surface area (Å²) in [5.41, 5.74) is 1.50. The summed E-state index contributed by atoms with van der Waals surface area (Å²) in [6.45, 7) is 1.88. The van der Waals surface area contributed by atoms with E-state index in [0.29, 0.717) is 17.2 Å². The molecular formula is C14H14N4O2. The zero-order valence-electron chi connectivity index (χ0n) is 11.0. The Hall–Kier alpha value is -2.50. The van der Waals surface area contributed by atoms with Gasteiger partial charge in [-0.3, -0.25) is 9.78 Å². The average Bonchev–Trinajstić information content (AvgIpc) is 3.22. The fourth-order valence-corrected chi connectivity index (χ4v) is 1.90. The van der Waals surface area contributed by atoms with E-state index in [1.54, 1.807) is 0 Å². The van der Waals surface area contributed by atoms with Gasteiger partial charge in [-0.25, -0.2) is 4.79 Å². The van der Waals surface area contributed by atoms with Crippen LogP contribution in [-0.2, 0) is 0 Å². The van der Waals surface area contributed by atoms with Gasteiger partial charge in [-0.15, -0.1) is 5.10 Å². The Morgan fingerprint density at radius 2 is 2.10 bits per heavy atom. The van der Waals surface area contributed by atoms with Crippen LogP contribution < -0.4 is 11.2 Å². The van der Waals surface area contributed by atoms with E-state index in [0.717, 1.165) is 11.3 Å². The summed E-state index contributed by atoms with van der Waals surface area (Å²) in [6, 6.07) is 1.81. The number of aryl methyl sites for hydroxylation is 1. The number of aromatic amines is 2. The Morgan fingerprint density at radius 1 is 1.30 bits per heavy atom. The second-order valence-corrected chi connectivity index (χ2v) is 4.95. The third-order valence-corrected chi connectivity index (χ3v) is 3.28. The summed E-state index contributed by atoms with van der Waals surface area (Å²) in [6.07, 6.45) is 8.01. The normalized spacial score (nSPS) is 14.8. The lowest BCUT2D eigenvalue weighted by Gasteiger charge is -2.02. The van der Waals surface area contributed by atoms with E-state index in [1.807, 2.05) is 19.1 Å². The van der Waals surface area contributed by atoms with Crippen molar-refractivity contribution in [3.05, 3.63) is 50.4 Å². The van der Waals surface area contributed by atoms with E-state index in [9.17, 15) is 9.59 Å². The van der Waals surface area contributed by atoms with Gasteiger partial charge in [0.2, 0.25) is 0 Å². The highest BCUT2D eigenvalue weighted by Crippen LogP contribution is 2.31. The Bertz CT molecular complexity index is 784. The number of nitrogens with zero attached hydrogens (tertiary/aromatic N) is 2. The number of aromatic nitrogens is 4. The van der Waals surface area contributed by atoms with Crippen molar-refractivity contribution in [3.63, 3.8) is 0 Å². The predicted molar refractivity (Wildman–Crippen MR) is 75.2 cm³/mol. The molecule has 0 aliphatic heterocycles. The van der Waals surface area contributed by atoms with E-state index >= 15 is 0 Å². The van der Waals surface area contributed by atoms with Gasteiger partial charge in [0.25, 0.3) is 5.56 Å². The molecule has 1 fully saturated rings. The van der Waals surface area contributed by atoms with Crippen LogP contribution in [0.15, 0.2) is 27.9 Å². The standard InChI is InChI=1S/C14H14N4O2/c1-8-10(5-4-9-2-3-9)6-12(18-17-8)11-7-15-14(20)16-13(11)19/h4-7,9H,2-3H2,1H3,(H2,15,16,19,20). The molecule has 1 aliphatic carbocycles. The second kappa shape index (κ2) is 4.88. The molecule has 20 heavy (non-hydrogen) atoms. The van der Waals surface area contributed by atoms with E-state index in [-0.39, 0.29) is 0 Å². The zero-order chi connectivity index (χ0) is 14.1. The highest BCUT2D eigenvalue weighted by Gasteiger charge is 2.17. The number of hydrogen-bond donors (Lipinski definition) is 2. The Kier molecular flexibility index (Phi) is 3.06. The molecule has 2 heterocycles. The summed E-state index contributed by atoms with van der Waals surface area (Å²) in [5.74, 6) is 0.669. The first kappa shape index (κ1) is 12.5. The van der Waals surface area contributed by atoms with Gasteiger partial charge in [0.05, 0.1) is 11.3 Å². The van der Waals surface area contributed by atoms with Gasteiger partial charge in [0.1, 0.15) is 5.69 Å². The maximum Gasteiger partial charge on any atom is 0.325 e. The molecule has 0 amide bonds. The largest absolute Gasteiger partial charge is 0.325 e. The molecule has 2 aromatic heterocycles. The number of rotatable bonds is 3. The molecule has 102 valence electrons. The minimum Gasteiger partial charge on any atom is -0.313 e. The molecule has 0 unspecified atom stereocenters. The van der Waals surface area contributed by atoms with Crippen molar-refractivity contribution in [2.45, 2.75) is 19.8 Å². The molecule has 0 saturated heterocycles. The van der Waals surface area contributed by atoms with Gasteiger partial charge >= 0.3 is 5.69 Å². The molecular weight excluding hydrogens is 256 g/mol. The van der Waals surface area contributed by atoms with Crippen LogP contribution in [0, 0.1) is 12.8 Å². The van der Waals surface area contributed by atoms with Gasteiger partial charge in [-0.05, 0) is 37.3 Å². The lowest BCUT2D eigenvalue weighted by Crippen LogP contribution is -2.23. The van der Waals surface area contributed by atoms with Crippen LogP contribution in [0.3, 0.4) is 0 Å². The van der Waals surface area contributed by atoms with E-state index in [2.05, 4.69) is 26.2 Å². The van der Waals surface area contributed by atoms with Gasteiger partial charge in [-0.2, -0.15) is 5.10 Å². The molecule has 1 saturated carbocycles. The second-order valence-electron chi connectivity index (χ2n) is 4.95. The molecule has 6 heteroatoms. The van der Waals surface area contributed by atoms with E-state index in [4.69, 9.17) is 0 Å². The van der Waals surface area contributed by atoms with Crippen LogP contribution in [0.2, 0.25) is 0 Å². The van der Waals surface area contributed by atoms with Crippen LogP contribution in [-0.4, -0.2) is 20.2 Å². The first-order chi connectivity index (χ1) is 9.63. The van der Waals surface area contributed by atoms with Crippen LogP contribution in [0.25, 0.3) is 17.3 Å². The number of H-pyrrole nitrogens is 2. The molecule has 2 N–H and O–H groups in total. The smallest absolute Gasteiger partial charge is 0.313 e. The topological polar surface area (TPSA) is 91.5 Å². The first-order valence-corrected chi connectivity index (χ1v) is 6.48. The van der Waals surface area contributed by atoms with Crippen LogP contribution >= 0.6 is 0 Å². The lowest BCUT2D eigenvalue weighted by molar-refractivity contribution is 0.967. The zero-order valence-corrected chi connectivity index (χ0v) is 11.0. The number of hydrogen-bond acceptors (Lipinski definition) is 4. The van der Waals surface area contributed by atoms with Gasteiger partial charge < -0.3 is 4.98 Å². The first-order valence-electron chi connectivity index (χ1n) is 6.48. The summed E-state index contributed by atoms with van der Waals surface area (Å²) in [5, 5.41) is 8.09. The van der Waals surface area contributed by atoms with Crippen LogP contribution in [0.4, 0.5) is 0 Å². The lowest BCUT2D eigenvalue weighted by atomic mass is 10.1. The quantitative estimate of drug-likeness (QED) is 0.878. The Labute approximate surface area is 114 Å². The summed E-state index contributed by atoms with van der Waals surface area (Å²) < 4.78 is 0. The minimum absolute atomic E-state index is 0.304. The van der Waals surface area contributed by atoms with Crippen molar-refractivity contribution in [1.82, 2.24) is 20.2 Å². The highest BCUT2D eigenvalue weighted by atomic mass is 16.2. The minimum atomic E-state index is -0.535. The monoisotopic (exact) mass is 270 g/mol. The third-order valence-electron chi connectivity index (χ3n) is 3.28. The summed E-state index contributed by atoms with van der Waals surface area (Å²) in [7, 11) is 0. The molecule has 0 atom stereocenters.